The lowest BCUT2D eigenvalue weighted by atomic mass is 10.1. The lowest BCUT2D eigenvalue weighted by Crippen LogP contribution is -2.35. The number of halogens is 2. The van der Waals surface area contributed by atoms with Gasteiger partial charge in [-0.3, -0.25) is 10.1 Å². The van der Waals surface area contributed by atoms with E-state index in [1.54, 1.807) is 18.2 Å². The van der Waals surface area contributed by atoms with Crippen LogP contribution >= 0.6 is 27.5 Å². The van der Waals surface area contributed by atoms with Crippen molar-refractivity contribution in [2.75, 3.05) is 0 Å². The number of hydrogen-bond acceptors (Lipinski definition) is 2. The third-order valence-electron chi connectivity index (χ3n) is 3.28. The van der Waals surface area contributed by atoms with Crippen molar-refractivity contribution in [3.63, 3.8) is 0 Å². The van der Waals surface area contributed by atoms with E-state index in [9.17, 15) is 9.90 Å². The Morgan fingerprint density at radius 1 is 1.44 bits per heavy atom. The molecule has 0 saturated heterocycles. The SMILES string of the molecule is O=C(O)C(NC1CCCC1)c1ccc(Cl)c(Br)c1. The Morgan fingerprint density at radius 3 is 2.67 bits per heavy atom. The summed E-state index contributed by atoms with van der Waals surface area (Å²) in [5.41, 5.74) is 0.727. The Balaban J connectivity index is 2.17. The molecule has 0 aromatic heterocycles. The molecule has 2 rings (SSSR count). The third kappa shape index (κ3) is 3.25. The molecule has 1 aromatic carbocycles. The Bertz CT molecular complexity index is 447. The van der Waals surface area contributed by atoms with Gasteiger partial charge in [0, 0.05) is 10.5 Å². The molecular formula is C13H15BrClNO2. The minimum absolute atomic E-state index is 0.306. The maximum Gasteiger partial charge on any atom is 0.325 e. The van der Waals surface area contributed by atoms with Crippen LogP contribution in [0.3, 0.4) is 0 Å². The molecule has 0 aliphatic heterocycles. The van der Waals surface area contributed by atoms with E-state index in [1.807, 2.05) is 0 Å². The zero-order valence-corrected chi connectivity index (χ0v) is 12.2. The van der Waals surface area contributed by atoms with Gasteiger partial charge in [0.2, 0.25) is 0 Å². The summed E-state index contributed by atoms with van der Waals surface area (Å²) in [6.07, 6.45) is 4.46. The first-order valence-electron chi connectivity index (χ1n) is 6.01. The van der Waals surface area contributed by atoms with Crippen LogP contribution < -0.4 is 5.32 Å². The molecule has 0 amide bonds. The smallest absolute Gasteiger partial charge is 0.325 e. The first-order chi connectivity index (χ1) is 8.58. The lowest BCUT2D eigenvalue weighted by molar-refractivity contribution is -0.139. The van der Waals surface area contributed by atoms with Gasteiger partial charge in [0.15, 0.2) is 0 Å². The predicted molar refractivity (Wildman–Crippen MR) is 74.9 cm³/mol. The van der Waals surface area contributed by atoms with Gasteiger partial charge in [0.1, 0.15) is 6.04 Å². The zero-order valence-electron chi connectivity index (χ0n) is 9.83. The van der Waals surface area contributed by atoms with E-state index in [1.165, 1.54) is 12.8 Å². The van der Waals surface area contributed by atoms with Crippen molar-refractivity contribution in [1.29, 1.82) is 0 Å². The molecule has 1 unspecified atom stereocenters. The van der Waals surface area contributed by atoms with Crippen molar-refractivity contribution >= 4 is 33.5 Å². The van der Waals surface area contributed by atoms with Crippen LogP contribution in [-0.4, -0.2) is 17.1 Å². The fraction of sp³-hybridized carbons (Fsp3) is 0.462. The van der Waals surface area contributed by atoms with E-state index in [2.05, 4.69) is 21.2 Å². The van der Waals surface area contributed by atoms with E-state index in [-0.39, 0.29) is 0 Å². The number of benzene rings is 1. The number of carboxylic acid groups (broad SMARTS) is 1. The fourth-order valence-corrected chi connectivity index (χ4v) is 2.84. The van der Waals surface area contributed by atoms with E-state index in [0.29, 0.717) is 11.1 Å². The Kier molecular flexibility index (Phi) is 4.65. The molecule has 1 atom stereocenters. The molecule has 0 bridgehead atoms. The predicted octanol–water partition coefficient (Wildman–Crippen LogP) is 3.76. The van der Waals surface area contributed by atoms with Crippen molar-refractivity contribution in [3.05, 3.63) is 33.3 Å². The van der Waals surface area contributed by atoms with Crippen molar-refractivity contribution < 1.29 is 9.90 Å². The average molecular weight is 333 g/mol. The van der Waals surface area contributed by atoms with Crippen LogP contribution in [0.2, 0.25) is 5.02 Å². The molecule has 18 heavy (non-hydrogen) atoms. The van der Waals surface area contributed by atoms with Crippen LogP contribution in [0, 0.1) is 0 Å². The van der Waals surface area contributed by atoms with Crippen molar-refractivity contribution in [2.45, 2.75) is 37.8 Å². The summed E-state index contributed by atoms with van der Waals surface area (Å²) in [6.45, 7) is 0. The standard InChI is InChI=1S/C13H15BrClNO2/c14-10-7-8(5-6-11(10)15)12(13(17)18)16-9-3-1-2-4-9/h5-7,9,12,16H,1-4H2,(H,17,18). The van der Waals surface area contributed by atoms with Gasteiger partial charge < -0.3 is 5.11 Å². The molecule has 0 spiro atoms. The summed E-state index contributed by atoms with van der Waals surface area (Å²) in [6, 6.07) is 4.88. The van der Waals surface area contributed by atoms with E-state index in [4.69, 9.17) is 11.6 Å². The summed E-state index contributed by atoms with van der Waals surface area (Å²) in [5.74, 6) is -0.851. The Hall–Kier alpha value is -0.580. The molecule has 0 radical (unpaired) electrons. The first kappa shape index (κ1) is 13.8. The zero-order chi connectivity index (χ0) is 13.1. The van der Waals surface area contributed by atoms with Crippen LogP contribution in [0.5, 0.6) is 0 Å². The minimum atomic E-state index is -0.851. The topological polar surface area (TPSA) is 49.3 Å². The second-order valence-electron chi connectivity index (χ2n) is 4.59. The molecule has 2 N–H and O–H groups in total. The highest BCUT2D eigenvalue weighted by molar-refractivity contribution is 9.10. The van der Waals surface area contributed by atoms with Gasteiger partial charge in [-0.25, -0.2) is 0 Å². The van der Waals surface area contributed by atoms with Gasteiger partial charge in [0.25, 0.3) is 0 Å². The highest BCUT2D eigenvalue weighted by atomic mass is 79.9. The number of aliphatic carboxylic acids is 1. The van der Waals surface area contributed by atoms with Gasteiger partial charge in [-0.1, -0.05) is 30.5 Å². The number of rotatable bonds is 4. The highest BCUT2D eigenvalue weighted by Gasteiger charge is 2.25. The summed E-state index contributed by atoms with van der Waals surface area (Å²) in [5, 5.41) is 13.1. The molecule has 98 valence electrons. The molecule has 3 nitrogen and oxygen atoms in total. The average Bonchev–Trinajstić information content (AvgIpc) is 2.82. The van der Waals surface area contributed by atoms with Crippen LogP contribution in [0.4, 0.5) is 0 Å². The third-order valence-corrected chi connectivity index (χ3v) is 4.50. The monoisotopic (exact) mass is 331 g/mol. The van der Waals surface area contributed by atoms with Gasteiger partial charge in [0.05, 0.1) is 5.02 Å². The van der Waals surface area contributed by atoms with E-state index >= 15 is 0 Å². The van der Waals surface area contributed by atoms with Crippen LogP contribution in [0.1, 0.15) is 37.3 Å². The maximum absolute atomic E-state index is 11.4. The molecule has 1 saturated carbocycles. The van der Waals surface area contributed by atoms with Gasteiger partial charge in [-0.05, 0) is 46.5 Å². The van der Waals surface area contributed by atoms with Crippen LogP contribution in [-0.2, 0) is 4.79 Å². The van der Waals surface area contributed by atoms with Crippen molar-refractivity contribution in [2.24, 2.45) is 0 Å². The van der Waals surface area contributed by atoms with Gasteiger partial charge >= 0.3 is 5.97 Å². The molecule has 1 aliphatic carbocycles. The minimum Gasteiger partial charge on any atom is -0.480 e. The summed E-state index contributed by atoms with van der Waals surface area (Å²) in [7, 11) is 0. The quantitative estimate of drug-likeness (QED) is 0.882. The molecule has 1 aliphatic rings. The molecular weight excluding hydrogens is 318 g/mol. The number of carboxylic acids is 1. The van der Waals surface area contributed by atoms with Gasteiger partial charge in [-0.2, -0.15) is 0 Å². The molecule has 5 heteroatoms. The fourth-order valence-electron chi connectivity index (χ4n) is 2.33. The largest absolute Gasteiger partial charge is 0.480 e. The number of carbonyl (C=O) groups is 1. The first-order valence-corrected chi connectivity index (χ1v) is 7.19. The van der Waals surface area contributed by atoms with Crippen molar-refractivity contribution in [3.8, 4) is 0 Å². The normalized spacial score (nSPS) is 17.9. The maximum atomic E-state index is 11.4. The molecule has 1 fully saturated rings. The Morgan fingerprint density at radius 2 is 2.11 bits per heavy atom. The second kappa shape index (κ2) is 6.04. The lowest BCUT2D eigenvalue weighted by Gasteiger charge is -2.20. The number of hydrogen-bond donors (Lipinski definition) is 2. The van der Waals surface area contributed by atoms with Crippen LogP contribution in [0.25, 0.3) is 0 Å². The van der Waals surface area contributed by atoms with Crippen molar-refractivity contribution in [1.82, 2.24) is 5.32 Å². The number of nitrogens with one attached hydrogen (secondary N) is 1. The van der Waals surface area contributed by atoms with Gasteiger partial charge in [-0.15, -0.1) is 0 Å². The van der Waals surface area contributed by atoms with Crippen LogP contribution in [0.15, 0.2) is 22.7 Å². The highest BCUT2D eigenvalue weighted by Crippen LogP contribution is 2.28. The summed E-state index contributed by atoms with van der Waals surface area (Å²) in [4.78, 5) is 11.4. The second-order valence-corrected chi connectivity index (χ2v) is 5.85. The Labute approximate surface area is 120 Å². The van der Waals surface area contributed by atoms with E-state index < -0.39 is 12.0 Å². The summed E-state index contributed by atoms with van der Waals surface area (Å²) < 4.78 is 0.723. The molecule has 1 aromatic rings. The summed E-state index contributed by atoms with van der Waals surface area (Å²) >= 11 is 9.24. The van der Waals surface area contributed by atoms with E-state index in [0.717, 1.165) is 22.9 Å². The molecule has 0 heterocycles.